The fraction of sp³-hybridized carbons (Fsp3) is 0.400. The Balaban J connectivity index is 1.51. The summed E-state index contributed by atoms with van der Waals surface area (Å²) < 4.78 is 24.2. The van der Waals surface area contributed by atoms with Crippen molar-refractivity contribution >= 4 is 17.5 Å². The summed E-state index contributed by atoms with van der Waals surface area (Å²) in [4.78, 5) is 27.7. The van der Waals surface area contributed by atoms with Crippen LogP contribution in [0, 0.1) is 11.2 Å². The van der Waals surface area contributed by atoms with Crippen molar-refractivity contribution in [3.63, 3.8) is 0 Å². The average Bonchev–Trinajstić information content (AvgIpc) is 3.07. The van der Waals surface area contributed by atoms with Gasteiger partial charge in [-0.1, -0.05) is 6.07 Å². The molecule has 0 atom stereocenters. The van der Waals surface area contributed by atoms with Crippen LogP contribution < -0.4 is 9.47 Å². The highest BCUT2D eigenvalue weighted by atomic mass is 19.1. The molecular weight excluding hydrogens is 425 g/mol. The molecule has 2 aromatic rings. The number of amides is 2. The largest absolute Gasteiger partial charge is 0.493 e. The maximum Gasteiger partial charge on any atom is 0.254 e. The van der Waals surface area contributed by atoms with Gasteiger partial charge in [0, 0.05) is 24.2 Å². The number of benzene rings is 2. The van der Waals surface area contributed by atoms with Crippen molar-refractivity contribution in [1.29, 1.82) is 0 Å². The molecular formula is C25H28FN3O4. The molecule has 0 N–H and O–H groups in total. The number of nitrogens with zero attached hydrogens (tertiary/aromatic N) is 3. The van der Waals surface area contributed by atoms with Gasteiger partial charge in [-0.3, -0.25) is 9.59 Å². The van der Waals surface area contributed by atoms with Crippen LogP contribution in [0.2, 0.25) is 0 Å². The molecule has 0 unspecified atom stereocenters. The third-order valence-corrected chi connectivity index (χ3v) is 6.37. The van der Waals surface area contributed by atoms with E-state index in [2.05, 4.69) is 0 Å². The highest BCUT2D eigenvalue weighted by Gasteiger charge is 2.47. The van der Waals surface area contributed by atoms with Crippen LogP contribution in [0.4, 0.5) is 4.39 Å². The molecule has 174 valence electrons. The number of halogens is 1. The van der Waals surface area contributed by atoms with Gasteiger partial charge in [0.25, 0.3) is 11.8 Å². The predicted molar refractivity (Wildman–Crippen MR) is 122 cm³/mol. The average molecular weight is 454 g/mol. The molecule has 0 bridgehead atoms. The zero-order valence-corrected chi connectivity index (χ0v) is 19.3. The molecule has 2 aliphatic rings. The van der Waals surface area contributed by atoms with E-state index in [4.69, 9.17) is 14.6 Å². The maximum atomic E-state index is 13.5. The van der Waals surface area contributed by atoms with Crippen LogP contribution in [0.3, 0.4) is 0 Å². The second kappa shape index (κ2) is 8.84. The second-order valence-corrected chi connectivity index (χ2v) is 8.83. The van der Waals surface area contributed by atoms with Gasteiger partial charge in [0.2, 0.25) is 0 Å². The van der Waals surface area contributed by atoms with Crippen molar-refractivity contribution in [2.45, 2.75) is 32.7 Å². The Kier molecular flexibility index (Phi) is 6.10. The number of hydrogen-bond acceptors (Lipinski definition) is 5. The van der Waals surface area contributed by atoms with E-state index in [1.54, 1.807) is 36.3 Å². The zero-order chi connectivity index (χ0) is 23.8. The van der Waals surface area contributed by atoms with Gasteiger partial charge in [-0.2, -0.15) is 5.10 Å². The van der Waals surface area contributed by atoms with Crippen molar-refractivity contribution in [2.75, 3.05) is 27.3 Å². The molecule has 8 heteroatoms. The molecule has 4 rings (SSSR count). The van der Waals surface area contributed by atoms with Crippen molar-refractivity contribution in [2.24, 2.45) is 10.5 Å². The van der Waals surface area contributed by atoms with E-state index in [1.807, 2.05) is 26.0 Å². The fourth-order valence-electron chi connectivity index (χ4n) is 4.43. The van der Waals surface area contributed by atoms with Gasteiger partial charge in [-0.05, 0) is 63.1 Å². The Bertz CT molecular complexity index is 1110. The van der Waals surface area contributed by atoms with E-state index >= 15 is 0 Å². The Morgan fingerprint density at radius 1 is 1.06 bits per heavy atom. The highest BCUT2D eigenvalue weighted by molar-refractivity contribution is 6.19. The number of methoxy groups -OCH3 is 2. The van der Waals surface area contributed by atoms with Crippen molar-refractivity contribution < 1.29 is 23.5 Å². The highest BCUT2D eigenvalue weighted by Crippen LogP contribution is 2.37. The Hall–Kier alpha value is -3.42. The summed E-state index contributed by atoms with van der Waals surface area (Å²) in [7, 11) is 3.14. The Labute approximate surface area is 192 Å². The van der Waals surface area contributed by atoms with Crippen LogP contribution in [0.25, 0.3) is 0 Å². The quantitative estimate of drug-likeness (QED) is 0.692. The first-order valence-corrected chi connectivity index (χ1v) is 11.0. The summed E-state index contributed by atoms with van der Waals surface area (Å²) in [5.41, 5.74) is 1.01. The SMILES string of the molecule is COc1ccc(C2=NN(C3CCN(C(=O)c4cccc(F)c4)CC3)C(=O)C2(C)C)cc1OC. The number of carbonyl (C=O) groups is 2. The minimum atomic E-state index is -0.798. The van der Waals surface area contributed by atoms with E-state index in [9.17, 15) is 14.0 Å². The molecule has 0 spiro atoms. The standard InChI is InChI=1S/C25H28FN3O4/c1-25(2)22(16-8-9-20(32-3)21(15-16)33-4)27-29(24(25)31)19-10-12-28(13-11-19)23(30)17-6-5-7-18(26)14-17/h5-9,14-15,19H,10-13H2,1-4H3. The molecule has 0 radical (unpaired) electrons. The zero-order valence-electron chi connectivity index (χ0n) is 19.3. The molecule has 0 aliphatic carbocycles. The van der Waals surface area contributed by atoms with Crippen molar-refractivity contribution in [3.8, 4) is 11.5 Å². The van der Waals surface area contributed by atoms with E-state index in [0.29, 0.717) is 48.7 Å². The number of rotatable bonds is 5. The molecule has 2 amide bonds. The van der Waals surface area contributed by atoms with Crippen LogP contribution in [-0.4, -0.2) is 60.8 Å². The smallest absolute Gasteiger partial charge is 0.254 e. The van der Waals surface area contributed by atoms with E-state index in [0.717, 1.165) is 5.56 Å². The van der Waals surface area contributed by atoms with Gasteiger partial charge >= 0.3 is 0 Å². The number of hydrogen-bond donors (Lipinski definition) is 0. The van der Waals surface area contributed by atoms with Crippen LogP contribution in [0.15, 0.2) is 47.6 Å². The number of likely N-dealkylation sites (tertiary alicyclic amines) is 1. The monoisotopic (exact) mass is 453 g/mol. The third-order valence-electron chi connectivity index (χ3n) is 6.37. The van der Waals surface area contributed by atoms with Crippen LogP contribution >= 0.6 is 0 Å². The molecule has 2 aromatic carbocycles. The van der Waals surface area contributed by atoms with E-state index < -0.39 is 11.2 Å². The first kappa shape index (κ1) is 22.8. The molecule has 2 aliphatic heterocycles. The lowest BCUT2D eigenvalue weighted by atomic mass is 9.83. The summed E-state index contributed by atoms with van der Waals surface area (Å²) in [5.74, 6) is 0.482. The van der Waals surface area contributed by atoms with Gasteiger partial charge in [0.15, 0.2) is 11.5 Å². The molecule has 7 nitrogen and oxygen atoms in total. The summed E-state index contributed by atoms with van der Waals surface area (Å²) in [6, 6.07) is 11.1. The summed E-state index contributed by atoms with van der Waals surface area (Å²) in [6.07, 6.45) is 1.21. The van der Waals surface area contributed by atoms with Gasteiger partial charge in [0.1, 0.15) is 5.82 Å². The van der Waals surface area contributed by atoms with Gasteiger partial charge in [-0.15, -0.1) is 0 Å². The lowest BCUT2D eigenvalue weighted by molar-refractivity contribution is -0.137. The third kappa shape index (κ3) is 4.17. The fourth-order valence-corrected chi connectivity index (χ4v) is 4.43. The van der Waals surface area contributed by atoms with Crippen molar-refractivity contribution in [3.05, 3.63) is 59.4 Å². The summed E-state index contributed by atoms with van der Waals surface area (Å²) in [5, 5.41) is 6.32. The van der Waals surface area contributed by atoms with E-state index in [1.165, 1.54) is 18.2 Å². The molecule has 2 heterocycles. The first-order valence-electron chi connectivity index (χ1n) is 11.0. The molecule has 33 heavy (non-hydrogen) atoms. The van der Waals surface area contributed by atoms with Gasteiger partial charge < -0.3 is 14.4 Å². The number of piperidine rings is 1. The molecule has 1 saturated heterocycles. The molecule has 0 aromatic heterocycles. The number of hydrazone groups is 1. The minimum Gasteiger partial charge on any atom is -0.493 e. The lowest BCUT2D eigenvalue weighted by Crippen LogP contribution is -2.47. The second-order valence-electron chi connectivity index (χ2n) is 8.83. The summed E-state index contributed by atoms with van der Waals surface area (Å²) in [6.45, 7) is 4.69. The van der Waals surface area contributed by atoms with Gasteiger partial charge in [0.05, 0.1) is 31.4 Å². The molecule has 0 saturated carbocycles. The number of ether oxygens (including phenoxy) is 2. The summed E-state index contributed by atoms with van der Waals surface area (Å²) >= 11 is 0. The van der Waals surface area contributed by atoms with Crippen LogP contribution in [-0.2, 0) is 4.79 Å². The first-order chi connectivity index (χ1) is 15.8. The predicted octanol–water partition coefficient (Wildman–Crippen LogP) is 3.72. The normalized spacial score (nSPS) is 18.3. The molecule has 1 fully saturated rings. The van der Waals surface area contributed by atoms with Crippen LogP contribution in [0.1, 0.15) is 42.6 Å². The Morgan fingerprint density at radius 2 is 1.76 bits per heavy atom. The Morgan fingerprint density at radius 3 is 2.39 bits per heavy atom. The maximum absolute atomic E-state index is 13.5. The lowest BCUT2D eigenvalue weighted by Gasteiger charge is -2.35. The van der Waals surface area contributed by atoms with Gasteiger partial charge in [-0.25, -0.2) is 9.40 Å². The number of carbonyl (C=O) groups excluding carboxylic acids is 2. The van der Waals surface area contributed by atoms with E-state index in [-0.39, 0.29) is 17.9 Å². The topological polar surface area (TPSA) is 71.4 Å². The minimum absolute atomic E-state index is 0.0674. The van der Waals surface area contributed by atoms with Crippen LogP contribution in [0.5, 0.6) is 11.5 Å². The van der Waals surface area contributed by atoms with Crippen molar-refractivity contribution in [1.82, 2.24) is 9.91 Å².